The molecule has 0 unspecified atom stereocenters. The number of phenolic OH excluding ortho intramolecular Hbond substituents is 1. The Bertz CT molecular complexity index is 3090. The van der Waals surface area contributed by atoms with E-state index in [2.05, 4.69) is 180 Å². The monoisotopic (exact) mass is 1280 g/mol. The molecular weight excluding hydrogens is 1140 g/mol. The van der Waals surface area contributed by atoms with Crippen molar-refractivity contribution >= 4 is 22.8 Å². The number of unbranched alkanes of at least 4 members (excludes halogenated alkanes) is 24. The van der Waals surface area contributed by atoms with Crippen LogP contribution in [0.25, 0.3) is 0 Å². The van der Waals surface area contributed by atoms with Crippen molar-refractivity contribution < 1.29 is 48.7 Å². The van der Waals surface area contributed by atoms with E-state index in [1.165, 1.54) is 255 Å². The summed E-state index contributed by atoms with van der Waals surface area (Å²) in [4.78, 5) is 11.3. The number of para-hydroxylation sites is 1. The van der Waals surface area contributed by atoms with Gasteiger partial charge in [-0.3, -0.25) is 15.9 Å². The topological polar surface area (TPSA) is 45.0 Å². The van der Waals surface area contributed by atoms with Crippen LogP contribution in [0.3, 0.4) is 0 Å². The summed E-state index contributed by atoms with van der Waals surface area (Å²) in [7, 11) is 0. The zero-order valence-corrected chi connectivity index (χ0v) is 58.3. The molecule has 0 heterocycles. The Morgan fingerprint density at radius 3 is 1.02 bits per heavy atom. The molecular formula is C86H149N2NiO-. The Hall–Kier alpha value is -7.11. The van der Waals surface area contributed by atoms with Gasteiger partial charge in [0.05, 0.1) is 22.8 Å². The second kappa shape index (κ2) is 62.1. The Balaban J connectivity index is -0.0000000802. The summed E-state index contributed by atoms with van der Waals surface area (Å²) in [6.45, 7) is 18.6. The van der Waals surface area contributed by atoms with Crippen LogP contribution in [0.15, 0.2) is 64.6 Å². The first-order valence-corrected chi connectivity index (χ1v) is 34.8. The van der Waals surface area contributed by atoms with Gasteiger partial charge in [0, 0.05) is 43.6 Å². The molecule has 1 N–H and O–H groups in total. The molecule has 3 aromatic carbocycles. The van der Waals surface area contributed by atoms with Gasteiger partial charge in [-0.2, -0.15) is 0 Å². The van der Waals surface area contributed by atoms with Gasteiger partial charge in [-0.05, 0) is 255 Å². The van der Waals surface area contributed by atoms with E-state index in [1.807, 2.05) is 12.0 Å². The van der Waals surface area contributed by atoms with Crippen molar-refractivity contribution in [3.05, 3.63) is 94.4 Å². The fourth-order valence-corrected chi connectivity index (χ4v) is 10.5. The van der Waals surface area contributed by atoms with Gasteiger partial charge in [-0.25, -0.2) is 5.92 Å². The van der Waals surface area contributed by atoms with Crippen molar-refractivity contribution in [3.8, 4) is 119 Å². The van der Waals surface area contributed by atoms with Crippen LogP contribution in [0.5, 0.6) is 5.75 Å². The number of aryl methyl sites for hydroxylation is 4. The summed E-state index contributed by atoms with van der Waals surface area (Å²) in [6, 6.07) is 18.7. The zero-order chi connectivity index (χ0) is 64.7. The maximum Gasteiger partial charge on any atom is 0.115 e. The third kappa shape index (κ3) is 45.2. The molecule has 0 aliphatic carbocycles. The van der Waals surface area contributed by atoms with Crippen LogP contribution < -0.4 is 0 Å². The minimum atomic E-state index is 0. The predicted octanol–water partition coefficient (Wildman–Crippen LogP) is 26.7. The van der Waals surface area contributed by atoms with E-state index < -0.39 is 0 Å². The van der Waals surface area contributed by atoms with E-state index in [1.54, 1.807) is 57.6 Å². The van der Waals surface area contributed by atoms with Crippen molar-refractivity contribution in [1.82, 2.24) is 0 Å². The Morgan fingerprint density at radius 2 is 0.667 bits per heavy atom. The first kappa shape index (κ1) is 82.9. The Kier molecular flexibility index (Phi) is 57.2. The summed E-state index contributed by atoms with van der Waals surface area (Å²) in [5, 5.41) is 8.63. The molecule has 4 heteroatoms. The van der Waals surface area contributed by atoms with Crippen LogP contribution in [-0.2, 0) is 55.0 Å². The van der Waals surface area contributed by atoms with Gasteiger partial charge in [-0.15, -0.1) is 12.3 Å². The molecule has 0 aliphatic rings. The maximum atomic E-state index is 8.63. The molecule has 0 amide bonds. The second-order valence-corrected chi connectivity index (χ2v) is 23.1. The molecule has 0 aliphatic heterocycles. The van der Waals surface area contributed by atoms with Crippen molar-refractivity contribution in [2.24, 2.45) is 9.98 Å². The van der Waals surface area contributed by atoms with E-state index in [0.29, 0.717) is 5.75 Å². The molecule has 0 aromatic heterocycles. The van der Waals surface area contributed by atoms with Gasteiger partial charge in [-0.1, -0.05) is 221 Å². The van der Waals surface area contributed by atoms with Gasteiger partial charge < -0.3 is 11.5 Å². The van der Waals surface area contributed by atoms with Gasteiger partial charge in [0.15, 0.2) is 0 Å². The summed E-state index contributed by atoms with van der Waals surface area (Å²) in [5.41, 5.74) is 14.4. The minimum absolute atomic E-state index is 0. The quantitative estimate of drug-likeness (QED) is 0.0199. The normalized spacial score (nSPS) is 9.93. The first-order chi connectivity index (χ1) is 43.8. The van der Waals surface area contributed by atoms with Gasteiger partial charge >= 0.3 is 0 Å². The molecule has 0 bridgehead atoms. The van der Waals surface area contributed by atoms with Crippen molar-refractivity contribution in [3.63, 3.8) is 0 Å². The summed E-state index contributed by atoms with van der Waals surface area (Å²) >= 11 is 0. The second-order valence-electron chi connectivity index (χ2n) is 23.1. The van der Waals surface area contributed by atoms with Crippen molar-refractivity contribution in [1.29, 1.82) is 0 Å². The van der Waals surface area contributed by atoms with Crippen LogP contribution >= 0.6 is 0 Å². The average Bonchev–Trinajstić information content (AvgIpc) is 0.822. The smallest absolute Gasteiger partial charge is 0.115 e. The molecule has 3 rings (SSSR count). The van der Waals surface area contributed by atoms with Crippen molar-refractivity contribution in [2.75, 3.05) is 0 Å². The number of phenols is 1. The molecule has 0 saturated carbocycles. The third-order valence-corrected chi connectivity index (χ3v) is 15.4. The molecule has 3 aromatic rings. The average molecular weight is 1290 g/mol. The molecule has 0 fully saturated rings. The first-order valence-electron chi connectivity index (χ1n) is 34.8. The van der Waals surface area contributed by atoms with E-state index in [4.69, 9.17) is 27.9 Å². The Morgan fingerprint density at radius 1 is 0.378 bits per heavy atom. The molecule has 3 nitrogen and oxygen atoms in total. The van der Waals surface area contributed by atoms with E-state index in [-0.39, 0.29) is 43.6 Å². The fourth-order valence-electron chi connectivity index (χ4n) is 10.5. The van der Waals surface area contributed by atoms with Gasteiger partial charge in [0.1, 0.15) is 5.75 Å². The Labute approximate surface area is 591 Å². The molecule has 0 atom stereocenters. The zero-order valence-electron chi connectivity index (χ0n) is 57.3. The van der Waals surface area contributed by atoms with E-state index in [0.717, 1.165) is 12.1 Å². The summed E-state index contributed by atoms with van der Waals surface area (Å²) in [6.07, 6.45) is 60.8. The molecule has 0 saturated heterocycles. The number of nitrogens with zero attached hydrogens (tertiary/aromatic N) is 2. The number of hydrogen-bond acceptors (Lipinski definition) is 3. The van der Waals surface area contributed by atoms with Crippen molar-refractivity contribution in [2.45, 2.75) is 299 Å². The maximum absolute atomic E-state index is 8.63. The number of benzene rings is 3. The van der Waals surface area contributed by atoms with Gasteiger partial charge in [0.2, 0.25) is 0 Å². The van der Waals surface area contributed by atoms with Crippen LogP contribution in [0.2, 0.25) is 0 Å². The predicted molar refractivity (Wildman–Crippen MR) is 429 cm³/mol. The standard InChI is InChI=1S/C60H104N2.C20H.C6H6O.Ni.19H2/c1-9-16-23-27-29-30-31-32-33-35-39-46-60(51(8)61-56-47-52(40-20-13-5)58(44-22-15-7)54(48-56)42-36-25-18-11-3)62-57-49-53(41-21-14-6)59(45-38-34-28-24-17-10-2)55(50-57)43-37-26-19-12-4;1-3-5-7-9-11-13-15-17-19-20-18-16-14-12-10-8-6-4-2;7-6-4-2-1-3-5-6;;;;;;;;;;;;;;;;;;;;/h47-50H,9-46H2,1-8H3;1H;1-5,7H;;19*1H/q;-1;;;;;;;;;;;;;;;;;;;;;. The molecule has 520 valence electrons. The van der Waals surface area contributed by atoms with E-state index >= 15 is 0 Å². The summed E-state index contributed by atoms with van der Waals surface area (Å²) < 4.78 is 0. The molecule has 0 radical (unpaired) electrons. The summed E-state index contributed by atoms with van der Waals surface area (Å²) in [5.74, 6) is 42.9. The van der Waals surface area contributed by atoms with Gasteiger partial charge in [0.25, 0.3) is 0 Å². The SMILES string of the molecule is CCCCCCCCCCCCCC(=Nc1cc(CCCC)c(CCCCCCCC)c(CCCCCC)c1)C(C)=Nc1cc(CCCC)c(CCCC)c(CCCCCC)c1.Oc1ccccc1.[C-]#CC#CC#CC#CC#CC#CC#CC#CC#CC#C.[HH].[HH].[HH].[HH].[HH].[HH].[HH].[HH].[HH].[HH].[HH].[HH].[HH].[HH].[HH].[HH].[HH].[HH].[HH].[Ni]. The third-order valence-electron chi connectivity index (χ3n) is 15.4. The van der Waals surface area contributed by atoms with Crippen LogP contribution in [0.1, 0.15) is 321 Å². The molecule has 0 spiro atoms. The number of terminal acetylenes is 1. The molecule has 90 heavy (non-hydrogen) atoms. The fraction of sp³-hybridized carbons (Fsp3) is 0.535. The van der Waals surface area contributed by atoms with E-state index in [9.17, 15) is 0 Å². The van der Waals surface area contributed by atoms with Crippen LogP contribution in [0, 0.1) is 119 Å². The largest absolute Gasteiger partial charge is 0.508 e. The number of rotatable bonds is 41. The number of aromatic hydroxyl groups is 1. The van der Waals surface area contributed by atoms with Crippen LogP contribution in [-0.4, -0.2) is 16.5 Å². The van der Waals surface area contributed by atoms with Crippen LogP contribution in [0.4, 0.5) is 11.4 Å². The number of aliphatic imine (C=N–C) groups is 2. The number of hydrogen-bond donors (Lipinski definition) is 1. The minimum Gasteiger partial charge on any atom is -0.508 e.